The molecule has 0 aromatic heterocycles. The molecule has 0 radical (unpaired) electrons. The lowest BCUT2D eigenvalue weighted by Gasteiger charge is -2.33. The number of nitrogens with one attached hydrogen (secondary N) is 2. The number of carbonyl (C=O) groups excluding carboxylic acids is 2. The Kier molecular flexibility index (Phi) is 7.09. The minimum atomic E-state index is -0.0483. The molecule has 1 aromatic carbocycles. The number of amides is 3. The normalized spacial score (nSPS) is 17.4. The van der Waals surface area contributed by atoms with Gasteiger partial charge in [-0.15, -0.1) is 0 Å². The van der Waals surface area contributed by atoms with Crippen molar-refractivity contribution >= 4 is 17.6 Å². The molecule has 0 saturated carbocycles. The van der Waals surface area contributed by atoms with Crippen molar-refractivity contribution in [3.63, 3.8) is 0 Å². The van der Waals surface area contributed by atoms with Gasteiger partial charge in [0.05, 0.1) is 0 Å². The van der Waals surface area contributed by atoms with Crippen LogP contribution in [-0.2, 0) is 11.2 Å². The molecule has 2 rings (SSSR count). The van der Waals surface area contributed by atoms with Crippen LogP contribution in [0, 0.1) is 5.92 Å². The second kappa shape index (κ2) is 9.30. The van der Waals surface area contributed by atoms with E-state index in [1.54, 1.807) is 0 Å². The maximum absolute atomic E-state index is 12.5. The molecule has 132 valence electrons. The zero-order valence-corrected chi connectivity index (χ0v) is 14.8. The van der Waals surface area contributed by atoms with Crippen LogP contribution in [0.3, 0.4) is 0 Å². The van der Waals surface area contributed by atoms with Crippen LogP contribution in [-0.4, -0.2) is 36.5 Å². The summed E-state index contributed by atoms with van der Waals surface area (Å²) in [5.41, 5.74) is 2.06. The van der Waals surface area contributed by atoms with E-state index in [1.165, 1.54) is 5.56 Å². The van der Waals surface area contributed by atoms with Gasteiger partial charge in [-0.05, 0) is 49.3 Å². The SMILES string of the molecule is CCCC(=O)NC[C@H]1CCCN(C(=O)Nc2cccc(CC)c2)C1. The molecule has 2 N–H and O–H groups in total. The second-order valence-corrected chi connectivity index (χ2v) is 6.49. The summed E-state index contributed by atoms with van der Waals surface area (Å²) in [6, 6.07) is 7.92. The standard InChI is InChI=1S/C19H29N3O2/c1-3-7-18(23)20-13-16-9-6-11-22(14-16)19(24)21-17-10-5-8-15(4-2)12-17/h5,8,10,12,16H,3-4,6-7,9,11,13-14H2,1-2H3,(H,20,23)(H,21,24)/t16-/m1/s1. The van der Waals surface area contributed by atoms with Crippen LogP contribution in [0.2, 0.25) is 0 Å². The number of urea groups is 1. The molecular weight excluding hydrogens is 302 g/mol. The Hall–Kier alpha value is -2.04. The fraction of sp³-hybridized carbons (Fsp3) is 0.579. The van der Waals surface area contributed by atoms with E-state index < -0.39 is 0 Å². The van der Waals surface area contributed by atoms with Crippen LogP contribution in [0.5, 0.6) is 0 Å². The van der Waals surface area contributed by atoms with E-state index in [0.29, 0.717) is 25.4 Å². The molecular formula is C19H29N3O2. The summed E-state index contributed by atoms with van der Waals surface area (Å²) >= 11 is 0. The first-order chi connectivity index (χ1) is 11.6. The smallest absolute Gasteiger partial charge is 0.321 e. The number of likely N-dealkylation sites (tertiary alicyclic amines) is 1. The minimum absolute atomic E-state index is 0.0483. The molecule has 24 heavy (non-hydrogen) atoms. The summed E-state index contributed by atoms with van der Waals surface area (Å²) in [5.74, 6) is 0.447. The Labute approximate surface area is 144 Å². The van der Waals surface area contributed by atoms with Gasteiger partial charge in [0.1, 0.15) is 0 Å². The third-order valence-electron chi connectivity index (χ3n) is 4.46. The number of anilines is 1. The van der Waals surface area contributed by atoms with Crippen molar-refractivity contribution in [2.75, 3.05) is 25.0 Å². The highest BCUT2D eigenvalue weighted by Gasteiger charge is 2.24. The van der Waals surface area contributed by atoms with Crippen molar-refractivity contribution in [2.24, 2.45) is 5.92 Å². The molecule has 5 heteroatoms. The Balaban J connectivity index is 1.84. The number of carbonyl (C=O) groups is 2. The van der Waals surface area contributed by atoms with E-state index in [0.717, 1.165) is 37.9 Å². The maximum Gasteiger partial charge on any atom is 0.321 e. The molecule has 1 heterocycles. The summed E-state index contributed by atoms with van der Waals surface area (Å²) in [4.78, 5) is 25.9. The fourth-order valence-corrected chi connectivity index (χ4v) is 3.06. The van der Waals surface area contributed by atoms with Crippen LogP contribution in [0.1, 0.15) is 45.1 Å². The highest BCUT2D eigenvalue weighted by atomic mass is 16.2. The molecule has 0 unspecified atom stereocenters. The Bertz CT molecular complexity index is 559. The molecule has 0 aliphatic carbocycles. The van der Waals surface area contributed by atoms with Gasteiger partial charge in [0.25, 0.3) is 0 Å². The molecule has 0 spiro atoms. The third-order valence-corrected chi connectivity index (χ3v) is 4.46. The van der Waals surface area contributed by atoms with Crippen molar-refractivity contribution < 1.29 is 9.59 Å². The van der Waals surface area contributed by atoms with Crippen LogP contribution in [0.15, 0.2) is 24.3 Å². The Morgan fingerprint density at radius 3 is 2.88 bits per heavy atom. The quantitative estimate of drug-likeness (QED) is 0.839. The van der Waals surface area contributed by atoms with E-state index >= 15 is 0 Å². The van der Waals surface area contributed by atoms with Crippen molar-refractivity contribution in [3.8, 4) is 0 Å². The highest BCUT2D eigenvalue weighted by molar-refractivity contribution is 5.89. The second-order valence-electron chi connectivity index (χ2n) is 6.49. The molecule has 1 aliphatic rings. The largest absolute Gasteiger partial charge is 0.356 e. The monoisotopic (exact) mass is 331 g/mol. The predicted molar refractivity (Wildman–Crippen MR) is 97.1 cm³/mol. The molecule has 1 atom stereocenters. The lowest BCUT2D eigenvalue weighted by atomic mass is 9.98. The lowest BCUT2D eigenvalue weighted by Crippen LogP contribution is -2.45. The summed E-state index contributed by atoms with van der Waals surface area (Å²) in [7, 11) is 0. The number of nitrogens with zero attached hydrogens (tertiary/aromatic N) is 1. The molecule has 1 saturated heterocycles. The third kappa shape index (κ3) is 5.55. The van der Waals surface area contributed by atoms with Crippen molar-refractivity contribution in [3.05, 3.63) is 29.8 Å². The van der Waals surface area contributed by atoms with E-state index in [1.807, 2.05) is 30.0 Å². The number of benzene rings is 1. The Morgan fingerprint density at radius 1 is 1.29 bits per heavy atom. The molecule has 3 amide bonds. The Morgan fingerprint density at radius 2 is 2.12 bits per heavy atom. The number of piperidine rings is 1. The van der Waals surface area contributed by atoms with Crippen LogP contribution >= 0.6 is 0 Å². The van der Waals surface area contributed by atoms with Gasteiger partial charge < -0.3 is 15.5 Å². The molecule has 1 aliphatic heterocycles. The van der Waals surface area contributed by atoms with Gasteiger partial charge in [0.15, 0.2) is 0 Å². The highest BCUT2D eigenvalue weighted by Crippen LogP contribution is 2.18. The first-order valence-corrected chi connectivity index (χ1v) is 9.04. The van der Waals surface area contributed by atoms with Crippen molar-refractivity contribution in [1.82, 2.24) is 10.2 Å². The van der Waals surface area contributed by atoms with Crippen molar-refractivity contribution in [2.45, 2.75) is 46.0 Å². The fourth-order valence-electron chi connectivity index (χ4n) is 3.06. The van der Waals surface area contributed by atoms with Gasteiger partial charge in [-0.3, -0.25) is 4.79 Å². The van der Waals surface area contributed by atoms with Crippen LogP contribution < -0.4 is 10.6 Å². The number of rotatable bonds is 6. The maximum atomic E-state index is 12.5. The van der Waals surface area contributed by atoms with Gasteiger partial charge in [-0.25, -0.2) is 4.79 Å². The molecule has 5 nitrogen and oxygen atoms in total. The first-order valence-electron chi connectivity index (χ1n) is 9.04. The van der Waals surface area contributed by atoms with Crippen LogP contribution in [0.25, 0.3) is 0 Å². The van der Waals surface area contributed by atoms with Gasteiger partial charge >= 0.3 is 6.03 Å². The number of aryl methyl sites for hydroxylation is 1. The van der Waals surface area contributed by atoms with E-state index in [9.17, 15) is 9.59 Å². The van der Waals surface area contributed by atoms with E-state index in [4.69, 9.17) is 0 Å². The van der Waals surface area contributed by atoms with Gasteiger partial charge in [-0.2, -0.15) is 0 Å². The van der Waals surface area contributed by atoms with Gasteiger partial charge in [-0.1, -0.05) is 26.0 Å². The zero-order chi connectivity index (χ0) is 17.4. The molecule has 1 aromatic rings. The summed E-state index contributed by atoms with van der Waals surface area (Å²) in [6.45, 7) is 6.24. The van der Waals surface area contributed by atoms with Gasteiger partial charge in [0, 0.05) is 31.7 Å². The van der Waals surface area contributed by atoms with E-state index in [2.05, 4.69) is 23.6 Å². The zero-order valence-electron chi connectivity index (χ0n) is 14.8. The van der Waals surface area contributed by atoms with Crippen LogP contribution in [0.4, 0.5) is 10.5 Å². The van der Waals surface area contributed by atoms with Gasteiger partial charge in [0.2, 0.25) is 5.91 Å². The first kappa shape index (κ1) is 18.3. The van der Waals surface area contributed by atoms with Crippen molar-refractivity contribution in [1.29, 1.82) is 0 Å². The lowest BCUT2D eigenvalue weighted by molar-refractivity contribution is -0.121. The molecule has 1 fully saturated rings. The predicted octanol–water partition coefficient (Wildman–Crippen LogP) is 3.41. The minimum Gasteiger partial charge on any atom is -0.356 e. The molecule has 0 bridgehead atoms. The summed E-state index contributed by atoms with van der Waals surface area (Å²) in [5, 5.41) is 5.97. The topological polar surface area (TPSA) is 61.4 Å². The number of hydrogen-bond donors (Lipinski definition) is 2. The average Bonchev–Trinajstić information content (AvgIpc) is 2.60. The van der Waals surface area contributed by atoms with E-state index in [-0.39, 0.29) is 11.9 Å². The summed E-state index contributed by atoms with van der Waals surface area (Å²) < 4.78 is 0. The average molecular weight is 331 g/mol. The number of hydrogen-bond acceptors (Lipinski definition) is 2. The summed E-state index contributed by atoms with van der Waals surface area (Å²) in [6.07, 6.45) is 4.43.